The molecule has 3 atom stereocenters. The smallest absolute Gasteiger partial charge is 0.242 e. The van der Waals surface area contributed by atoms with Crippen LogP contribution in [0.5, 0.6) is 0 Å². The minimum Gasteiger partial charge on any atom is -0.345 e. The van der Waals surface area contributed by atoms with Crippen molar-refractivity contribution in [2.45, 2.75) is 62.0 Å². The molecule has 8 heteroatoms. The fourth-order valence-corrected chi connectivity index (χ4v) is 4.85. The van der Waals surface area contributed by atoms with Crippen LogP contribution in [-0.4, -0.2) is 37.4 Å². The van der Waals surface area contributed by atoms with Gasteiger partial charge in [-0.15, -0.1) is 0 Å². The van der Waals surface area contributed by atoms with E-state index < -0.39 is 15.8 Å². The molecular weight excluding hydrogens is 372 g/mol. The molecule has 0 spiro atoms. The molecule has 0 radical (unpaired) electrons. The van der Waals surface area contributed by atoms with Crippen LogP contribution in [0.2, 0.25) is 0 Å². The molecule has 1 aliphatic heterocycles. The number of hydrogen-bond donors (Lipinski definition) is 1. The minimum atomic E-state index is -3.64. The van der Waals surface area contributed by atoms with E-state index in [9.17, 15) is 8.42 Å². The average Bonchev–Trinajstić information content (AvgIpc) is 2.74. The molecule has 2 aliphatic rings. The Morgan fingerprint density at radius 1 is 1.32 bits per heavy atom. The number of rotatable bonds is 3. The van der Waals surface area contributed by atoms with Gasteiger partial charge in [0.05, 0.1) is 12.1 Å². The van der Waals surface area contributed by atoms with Crippen LogP contribution in [0.4, 0.5) is 0 Å². The lowest BCUT2D eigenvalue weighted by Gasteiger charge is -2.31. The molecule has 3 rings (SSSR count). The van der Waals surface area contributed by atoms with Crippen molar-refractivity contribution >= 4 is 26.0 Å². The molecule has 1 saturated heterocycles. The van der Waals surface area contributed by atoms with Crippen LogP contribution in [-0.2, 0) is 19.5 Å². The van der Waals surface area contributed by atoms with E-state index in [0.717, 1.165) is 19.3 Å². The van der Waals surface area contributed by atoms with Crippen LogP contribution >= 0.6 is 15.9 Å². The third kappa shape index (κ3) is 3.35. The second-order valence-electron chi connectivity index (χ2n) is 6.14. The van der Waals surface area contributed by atoms with Crippen molar-refractivity contribution in [1.29, 1.82) is 0 Å². The van der Waals surface area contributed by atoms with Crippen molar-refractivity contribution in [2.75, 3.05) is 0 Å². The Hall–Kier alpha value is -0.540. The number of hydrogen-bond acceptors (Lipinski definition) is 5. The highest BCUT2D eigenvalue weighted by atomic mass is 79.9. The zero-order chi connectivity index (χ0) is 16.0. The molecule has 1 unspecified atom stereocenters. The lowest BCUT2D eigenvalue weighted by Crippen LogP contribution is -2.49. The number of pyridine rings is 1. The third-order valence-corrected chi connectivity index (χ3v) is 5.81. The summed E-state index contributed by atoms with van der Waals surface area (Å²) in [6, 6.07) is 1.25. The summed E-state index contributed by atoms with van der Waals surface area (Å²) < 4.78 is 40.2. The largest absolute Gasteiger partial charge is 0.345 e. The van der Waals surface area contributed by atoms with Gasteiger partial charge < -0.3 is 9.47 Å². The molecule has 122 valence electrons. The third-order valence-electron chi connectivity index (χ3n) is 3.92. The highest BCUT2D eigenvalue weighted by molar-refractivity contribution is 9.10. The predicted molar refractivity (Wildman–Crippen MR) is 83.7 cm³/mol. The van der Waals surface area contributed by atoms with E-state index in [-0.39, 0.29) is 23.1 Å². The van der Waals surface area contributed by atoms with Gasteiger partial charge in [0.2, 0.25) is 10.0 Å². The first-order valence-electron chi connectivity index (χ1n) is 7.25. The van der Waals surface area contributed by atoms with Gasteiger partial charge in [-0.1, -0.05) is 0 Å². The van der Waals surface area contributed by atoms with E-state index in [4.69, 9.17) is 9.47 Å². The molecule has 2 heterocycles. The van der Waals surface area contributed by atoms with Crippen molar-refractivity contribution in [2.24, 2.45) is 0 Å². The number of aromatic nitrogens is 1. The van der Waals surface area contributed by atoms with Gasteiger partial charge in [-0.05, 0) is 55.1 Å². The van der Waals surface area contributed by atoms with Crippen molar-refractivity contribution in [3.05, 3.63) is 22.9 Å². The molecule has 2 fully saturated rings. The summed E-state index contributed by atoms with van der Waals surface area (Å²) in [5.74, 6) is -0.666. The van der Waals surface area contributed by atoms with E-state index in [1.807, 2.05) is 13.8 Å². The van der Waals surface area contributed by atoms with Crippen LogP contribution in [0, 0.1) is 0 Å². The normalized spacial score (nSPS) is 31.0. The summed E-state index contributed by atoms with van der Waals surface area (Å²) in [6.07, 6.45) is 5.11. The Bertz CT molecular complexity index is 665. The Labute approximate surface area is 138 Å². The Morgan fingerprint density at radius 2 is 2.09 bits per heavy atom. The Kier molecular flexibility index (Phi) is 4.32. The van der Waals surface area contributed by atoms with Gasteiger partial charge in [0.1, 0.15) is 11.0 Å². The molecule has 0 aromatic carbocycles. The number of sulfonamides is 1. The number of fused-ring (bicyclic) bond motifs is 1. The standard InChI is InChI=1S/C14H19BrN2O4S/c1-14(2)20-12-5-3-4-11(13(12)21-14)17-22(18,19)10-6-9(15)7-16-8-10/h6-8,11-13,17H,3-5H2,1-2H3/t11?,12-,13+/m0/s1. The highest BCUT2D eigenvalue weighted by Gasteiger charge is 2.47. The van der Waals surface area contributed by atoms with Crippen LogP contribution < -0.4 is 4.72 Å². The quantitative estimate of drug-likeness (QED) is 0.855. The van der Waals surface area contributed by atoms with Gasteiger partial charge in [-0.3, -0.25) is 4.98 Å². The van der Waals surface area contributed by atoms with Crippen LogP contribution in [0.15, 0.2) is 27.8 Å². The van der Waals surface area contributed by atoms with Gasteiger partial charge in [0.15, 0.2) is 5.79 Å². The van der Waals surface area contributed by atoms with Crippen LogP contribution in [0.1, 0.15) is 33.1 Å². The molecular formula is C14H19BrN2O4S. The summed E-state index contributed by atoms with van der Waals surface area (Å²) >= 11 is 3.24. The number of ether oxygens (including phenoxy) is 2. The average molecular weight is 391 g/mol. The van der Waals surface area contributed by atoms with E-state index in [0.29, 0.717) is 4.47 Å². The molecule has 0 amide bonds. The molecule has 0 bridgehead atoms. The molecule has 1 N–H and O–H groups in total. The van der Waals surface area contributed by atoms with Gasteiger partial charge in [-0.25, -0.2) is 13.1 Å². The fraction of sp³-hybridized carbons (Fsp3) is 0.643. The van der Waals surface area contributed by atoms with Crippen LogP contribution in [0.3, 0.4) is 0 Å². The van der Waals surface area contributed by atoms with Crippen molar-refractivity contribution in [3.63, 3.8) is 0 Å². The molecule has 1 aromatic rings. The highest BCUT2D eigenvalue weighted by Crippen LogP contribution is 2.37. The van der Waals surface area contributed by atoms with Gasteiger partial charge in [0.25, 0.3) is 0 Å². The maximum atomic E-state index is 12.5. The second kappa shape index (κ2) is 5.83. The molecule has 1 saturated carbocycles. The van der Waals surface area contributed by atoms with E-state index in [1.165, 1.54) is 12.3 Å². The van der Waals surface area contributed by atoms with Crippen molar-refractivity contribution in [3.8, 4) is 0 Å². The number of nitrogens with one attached hydrogen (secondary N) is 1. The summed E-state index contributed by atoms with van der Waals surface area (Å²) in [4.78, 5) is 4.05. The van der Waals surface area contributed by atoms with Gasteiger partial charge >= 0.3 is 0 Å². The van der Waals surface area contributed by atoms with Crippen molar-refractivity contribution in [1.82, 2.24) is 9.71 Å². The molecule has 6 nitrogen and oxygen atoms in total. The van der Waals surface area contributed by atoms with E-state index in [2.05, 4.69) is 25.6 Å². The summed E-state index contributed by atoms with van der Waals surface area (Å²) in [6.45, 7) is 3.71. The van der Waals surface area contributed by atoms with Gasteiger partial charge in [-0.2, -0.15) is 0 Å². The molecule has 22 heavy (non-hydrogen) atoms. The second-order valence-corrected chi connectivity index (χ2v) is 8.77. The summed E-state index contributed by atoms with van der Waals surface area (Å²) in [7, 11) is -3.64. The first-order valence-corrected chi connectivity index (χ1v) is 9.53. The summed E-state index contributed by atoms with van der Waals surface area (Å²) in [5, 5.41) is 0. The molecule has 1 aliphatic carbocycles. The number of nitrogens with zero attached hydrogens (tertiary/aromatic N) is 1. The SMILES string of the molecule is CC1(C)O[C@H]2CCCC(NS(=O)(=O)c3cncc(Br)c3)[C@H]2O1. The summed E-state index contributed by atoms with van der Waals surface area (Å²) in [5.41, 5.74) is 0. The minimum absolute atomic E-state index is 0.0583. The lowest BCUT2D eigenvalue weighted by molar-refractivity contribution is -0.146. The maximum Gasteiger partial charge on any atom is 0.242 e. The van der Waals surface area contributed by atoms with E-state index in [1.54, 1.807) is 6.20 Å². The Balaban J connectivity index is 1.80. The van der Waals surface area contributed by atoms with Crippen LogP contribution in [0.25, 0.3) is 0 Å². The molecule has 1 aromatic heterocycles. The Morgan fingerprint density at radius 3 is 2.82 bits per heavy atom. The first-order chi connectivity index (χ1) is 10.3. The van der Waals surface area contributed by atoms with Crippen molar-refractivity contribution < 1.29 is 17.9 Å². The maximum absolute atomic E-state index is 12.5. The monoisotopic (exact) mass is 390 g/mol. The fourth-order valence-electron chi connectivity index (χ4n) is 3.06. The zero-order valence-corrected chi connectivity index (χ0v) is 14.9. The zero-order valence-electron chi connectivity index (χ0n) is 12.5. The predicted octanol–water partition coefficient (Wildman–Crippen LogP) is 2.20. The first kappa shape index (κ1) is 16.3. The topological polar surface area (TPSA) is 77.5 Å². The lowest BCUT2D eigenvalue weighted by atomic mass is 9.91. The number of halogens is 1. The van der Waals surface area contributed by atoms with Gasteiger partial charge in [0, 0.05) is 16.9 Å². The van der Waals surface area contributed by atoms with E-state index >= 15 is 0 Å².